The van der Waals surface area contributed by atoms with Gasteiger partial charge in [0, 0.05) is 43.6 Å². The van der Waals surface area contributed by atoms with Crippen molar-refractivity contribution in [3.63, 3.8) is 0 Å². The van der Waals surface area contributed by atoms with Gasteiger partial charge in [0.1, 0.15) is 0 Å². The van der Waals surface area contributed by atoms with Crippen molar-refractivity contribution in [2.45, 2.75) is 4.90 Å². The number of likely N-dealkylation sites (N-methyl/N-ethyl adjacent to an activating group) is 1. The number of hydrogen-bond acceptors (Lipinski definition) is 4. The summed E-state index contributed by atoms with van der Waals surface area (Å²) in [6.07, 6.45) is 0. The smallest absolute Gasteiger partial charge is 0.241 e. The molecule has 0 atom stereocenters. The number of sulfonamides is 1. The van der Waals surface area contributed by atoms with E-state index < -0.39 is 10.0 Å². The van der Waals surface area contributed by atoms with Gasteiger partial charge in [0.25, 0.3) is 0 Å². The maximum Gasteiger partial charge on any atom is 0.241 e. The standard InChI is InChI=1S/C16H23N3O2S/c1-18(2)12-11-17-22(20,21)16-10-6-7-13-14(16)8-5-9-15(13)19(3)4/h5-10,17H,11-12H2,1-4H3. The SMILES string of the molecule is CN(C)CCNS(=O)(=O)c1cccc2c(N(C)C)cccc12. The van der Waals surface area contributed by atoms with Gasteiger partial charge in [-0.2, -0.15) is 0 Å². The molecule has 2 aromatic carbocycles. The molecular formula is C16H23N3O2S. The minimum Gasteiger partial charge on any atom is -0.377 e. The summed E-state index contributed by atoms with van der Waals surface area (Å²) in [4.78, 5) is 4.25. The quantitative estimate of drug-likeness (QED) is 0.881. The second kappa shape index (κ2) is 6.64. The molecule has 0 saturated carbocycles. The molecule has 0 aromatic heterocycles. The van der Waals surface area contributed by atoms with Crippen LogP contribution in [0.4, 0.5) is 5.69 Å². The van der Waals surface area contributed by atoms with Gasteiger partial charge in [-0.05, 0) is 26.2 Å². The van der Waals surface area contributed by atoms with Crippen LogP contribution >= 0.6 is 0 Å². The van der Waals surface area contributed by atoms with Crippen LogP contribution in [-0.2, 0) is 10.0 Å². The molecule has 0 unspecified atom stereocenters. The molecule has 6 heteroatoms. The van der Waals surface area contributed by atoms with E-state index in [4.69, 9.17) is 0 Å². The minimum atomic E-state index is -3.52. The molecule has 2 rings (SSSR count). The molecule has 22 heavy (non-hydrogen) atoms. The van der Waals surface area contributed by atoms with Gasteiger partial charge < -0.3 is 9.80 Å². The average Bonchev–Trinajstić information content (AvgIpc) is 2.45. The third-order valence-corrected chi connectivity index (χ3v) is 5.00. The normalized spacial score (nSPS) is 12.0. The van der Waals surface area contributed by atoms with E-state index in [9.17, 15) is 8.42 Å². The summed E-state index contributed by atoms with van der Waals surface area (Å²) in [5.41, 5.74) is 1.00. The highest BCUT2D eigenvalue weighted by molar-refractivity contribution is 7.89. The van der Waals surface area contributed by atoms with Crippen LogP contribution in [0.1, 0.15) is 0 Å². The minimum absolute atomic E-state index is 0.326. The number of anilines is 1. The summed E-state index contributed by atoms with van der Waals surface area (Å²) in [6.45, 7) is 1.05. The van der Waals surface area contributed by atoms with Crippen molar-refractivity contribution in [3.05, 3.63) is 36.4 Å². The molecular weight excluding hydrogens is 298 g/mol. The van der Waals surface area contributed by atoms with E-state index in [0.29, 0.717) is 18.0 Å². The first-order valence-electron chi connectivity index (χ1n) is 7.16. The van der Waals surface area contributed by atoms with Crippen molar-refractivity contribution < 1.29 is 8.42 Å². The Hall–Kier alpha value is -1.63. The molecule has 0 fully saturated rings. The van der Waals surface area contributed by atoms with E-state index in [1.165, 1.54) is 0 Å². The molecule has 0 aliphatic heterocycles. The van der Waals surface area contributed by atoms with Crippen LogP contribution < -0.4 is 9.62 Å². The Kier molecular flexibility index (Phi) is 5.05. The third kappa shape index (κ3) is 3.58. The first kappa shape index (κ1) is 16.7. The summed E-state index contributed by atoms with van der Waals surface area (Å²) in [7, 11) is 4.20. The first-order chi connectivity index (χ1) is 10.3. The average molecular weight is 321 g/mol. The van der Waals surface area contributed by atoms with E-state index in [1.807, 2.05) is 62.3 Å². The first-order valence-corrected chi connectivity index (χ1v) is 8.65. The van der Waals surface area contributed by atoms with E-state index in [1.54, 1.807) is 12.1 Å². The number of benzene rings is 2. The Labute approximate surface area is 132 Å². The maximum absolute atomic E-state index is 12.6. The van der Waals surface area contributed by atoms with Crippen LogP contribution in [0.15, 0.2) is 41.3 Å². The topological polar surface area (TPSA) is 52.7 Å². The van der Waals surface area contributed by atoms with E-state index in [-0.39, 0.29) is 0 Å². The fraction of sp³-hybridized carbons (Fsp3) is 0.375. The zero-order valence-electron chi connectivity index (χ0n) is 13.5. The van der Waals surface area contributed by atoms with Gasteiger partial charge in [0.15, 0.2) is 0 Å². The summed E-state index contributed by atoms with van der Waals surface area (Å²) >= 11 is 0. The van der Waals surface area contributed by atoms with Gasteiger partial charge in [0.05, 0.1) is 4.90 Å². The molecule has 0 spiro atoms. The zero-order valence-corrected chi connectivity index (χ0v) is 14.3. The van der Waals surface area contributed by atoms with E-state index in [0.717, 1.165) is 16.5 Å². The molecule has 1 N–H and O–H groups in total. The molecule has 0 aliphatic carbocycles. The predicted octanol–water partition coefficient (Wildman–Crippen LogP) is 1.75. The van der Waals surface area contributed by atoms with Gasteiger partial charge in [-0.15, -0.1) is 0 Å². The van der Waals surface area contributed by atoms with Crippen molar-refractivity contribution >= 4 is 26.5 Å². The maximum atomic E-state index is 12.6. The van der Waals surface area contributed by atoms with Crippen LogP contribution in [0, 0.1) is 0 Å². The molecule has 0 aliphatic rings. The molecule has 0 amide bonds. The van der Waals surface area contributed by atoms with Gasteiger partial charge in [0.2, 0.25) is 10.0 Å². The van der Waals surface area contributed by atoms with Gasteiger partial charge in [-0.25, -0.2) is 13.1 Å². The van der Waals surface area contributed by atoms with Crippen LogP contribution in [0.25, 0.3) is 10.8 Å². The summed E-state index contributed by atoms with van der Waals surface area (Å²) in [6, 6.07) is 11.1. The molecule has 2 aromatic rings. The third-order valence-electron chi connectivity index (χ3n) is 3.48. The van der Waals surface area contributed by atoms with E-state index >= 15 is 0 Å². The second-order valence-corrected chi connectivity index (χ2v) is 7.46. The lowest BCUT2D eigenvalue weighted by atomic mass is 10.1. The van der Waals surface area contributed by atoms with E-state index in [2.05, 4.69) is 4.72 Å². The Balaban J connectivity index is 2.45. The summed E-state index contributed by atoms with van der Waals surface area (Å²) < 4.78 is 27.8. The fourth-order valence-corrected chi connectivity index (χ4v) is 3.61. The molecule has 5 nitrogen and oxygen atoms in total. The number of nitrogens with zero attached hydrogens (tertiary/aromatic N) is 2. The number of rotatable bonds is 6. The monoisotopic (exact) mass is 321 g/mol. The van der Waals surface area contributed by atoms with Crippen molar-refractivity contribution in [2.75, 3.05) is 46.2 Å². The highest BCUT2D eigenvalue weighted by atomic mass is 32.2. The lowest BCUT2D eigenvalue weighted by Crippen LogP contribution is -2.31. The number of nitrogens with one attached hydrogen (secondary N) is 1. The zero-order chi connectivity index (χ0) is 16.3. The highest BCUT2D eigenvalue weighted by Gasteiger charge is 2.17. The predicted molar refractivity (Wildman–Crippen MR) is 92.0 cm³/mol. The van der Waals surface area contributed by atoms with Gasteiger partial charge in [-0.3, -0.25) is 0 Å². The highest BCUT2D eigenvalue weighted by Crippen LogP contribution is 2.29. The van der Waals surface area contributed by atoms with Crippen LogP contribution in [0.5, 0.6) is 0 Å². The fourth-order valence-electron chi connectivity index (χ4n) is 2.37. The Morgan fingerprint density at radius 1 is 0.955 bits per heavy atom. The molecule has 0 heterocycles. The largest absolute Gasteiger partial charge is 0.377 e. The lowest BCUT2D eigenvalue weighted by Gasteiger charge is -2.17. The molecule has 0 bridgehead atoms. The number of hydrogen-bond donors (Lipinski definition) is 1. The van der Waals surface area contributed by atoms with Crippen LogP contribution in [0.2, 0.25) is 0 Å². The van der Waals surface area contributed by atoms with Crippen molar-refractivity contribution in [3.8, 4) is 0 Å². The molecule has 0 saturated heterocycles. The van der Waals surface area contributed by atoms with Crippen LogP contribution in [0.3, 0.4) is 0 Å². The second-order valence-electron chi connectivity index (χ2n) is 5.72. The molecule has 120 valence electrons. The number of fused-ring (bicyclic) bond motifs is 1. The lowest BCUT2D eigenvalue weighted by molar-refractivity contribution is 0.412. The van der Waals surface area contributed by atoms with Crippen molar-refractivity contribution in [2.24, 2.45) is 0 Å². The van der Waals surface area contributed by atoms with Crippen molar-refractivity contribution in [1.29, 1.82) is 0 Å². The Bertz CT molecular complexity index is 755. The summed E-state index contributed by atoms with van der Waals surface area (Å²) in [5, 5.41) is 1.68. The van der Waals surface area contributed by atoms with Gasteiger partial charge >= 0.3 is 0 Å². The Morgan fingerprint density at radius 3 is 2.23 bits per heavy atom. The van der Waals surface area contributed by atoms with Crippen LogP contribution in [-0.4, -0.2) is 54.6 Å². The van der Waals surface area contributed by atoms with Crippen molar-refractivity contribution in [1.82, 2.24) is 9.62 Å². The molecule has 0 radical (unpaired) electrons. The van der Waals surface area contributed by atoms with Gasteiger partial charge in [-0.1, -0.05) is 24.3 Å². The Morgan fingerprint density at radius 2 is 1.59 bits per heavy atom. The summed E-state index contributed by atoms with van der Waals surface area (Å²) in [5.74, 6) is 0.